The second-order valence-corrected chi connectivity index (χ2v) is 6.63. The van der Waals surface area contributed by atoms with E-state index in [4.69, 9.17) is 9.15 Å². The number of hydrogen-bond donors (Lipinski definition) is 2. The molecule has 0 unspecified atom stereocenters. The molecule has 0 spiro atoms. The zero-order valence-electron chi connectivity index (χ0n) is 15.5. The van der Waals surface area contributed by atoms with Gasteiger partial charge in [0.1, 0.15) is 12.4 Å². The average molecular weight is 382 g/mol. The normalized spacial score (nSPS) is 10.9. The number of oxazole rings is 1. The standard InChI is InChI=1S/C23H18N4O2/c1-2-4-16(5-3-1)15-28-20-9-6-17(7-10-20)22-14-24-23(29-22)26-19-8-11-21-18(12-19)13-25-27-21/h1-14H,15H2,(H,24,26)(H,25,27). The van der Waals surface area contributed by atoms with Gasteiger partial charge in [0.2, 0.25) is 0 Å². The van der Waals surface area contributed by atoms with E-state index in [1.807, 2.05) is 72.8 Å². The molecule has 0 aliphatic heterocycles. The zero-order chi connectivity index (χ0) is 19.5. The third-order valence-corrected chi connectivity index (χ3v) is 4.58. The van der Waals surface area contributed by atoms with Gasteiger partial charge in [-0.15, -0.1) is 0 Å². The molecule has 2 N–H and O–H groups in total. The highest BCUT2D eigenvalue weighted by Gasteiger charge is 2.08. The van der Waals surface area contributed by atoms with Crippen molar-refractivity contribution >= 4 is 22.6 Å². The summed E-state index contributed by atoms with van der Waals surface area (Å²) in [5.74, 6) is 1.50. The van der Waals surface area contributed by atoms with Gasteiger partial charge in [-0.2, -0.15) is 5.10 Å². The number of fused-ring (bicyclic) bond motifs is 1. The lowest BCUT2D eigenvalue weighted by Crippen LogP contribution is -1.94. The van der Waals surface area contributed by atoms with Crippen LogP contribution < -0.4 is 10.1 Å². The zero-order valence-corrected chi connectivity index (χ0v) is 15.5. The summed E-state index contributed by atoms with van der Waals surface area (Å²) < 4.78 is 11.7. The second kappa shape index (κ2) is 7.52. The van der Waals surface area contributed by atoms with E-state index in [2.05, 4.69) is 20.5 Å². The maximum atomic E-state index is 5.85. The Bertz CT molecular complexity index is 1230. The number of H-pyrrole nitrogens is 1. The molecule has 142 valence electrons. The van der Waals surface area contributed by atoms with Crippen LogP contribution in [0.3, 0.4) is 0 Å². The fourth-order valence-corrected chi connectivity index (χ4v) is 3.07. The quantitative estimate of drug-likeness (QED) is 0.403. The summed E-state index contributed by atoms with van der Waals surface area (Å²) in [6.45, 7) is 0.539. The molecule has 2 heterocycles. The molecule has 0 bridgehead atoms. The van der Waals surface area contributed by atoms with Gasteiger partial charge in [0.15, 0.2) is 5.76 Å². The molecule has 0 radical (unpaired) electrons. The maximum absolute atomic E-state index is 5.85. The predicted molar refractivity (Wildman–Crippen MR) is 112 cm³/mol. The lowest BCUT2D eigenvalue weighted by Gasteiger charge is -2.06. The van der Waals surface area contributed by atoms with Crippen molar-refractivity contribution in [1.82, 2.24) is 15.2 Å². The summed E-state index contributed by atoms with van der Waals surface area (Å²) in [5, 5.41) is 11.2. The van der Waals surface area contributed by atoms with Gasteiger partial charge in [0.25, 0.3) is 6.01 Å². The predicted octanol–water partition coefficient (Wildman–Crippen LogP) is 5.54. The molecule has 0 aliphatic rings. The molecule has 2 aromatic heterocycles. The van der Waals surface area contributed by atoms with E-state index in [1.165, 1.54) is 0 Å². The molecular weight excluding hydrogens is 364 g/mol. The van der Waals surface area contributed by atoms with Crippen LogP contribution >= 0.6 is 0 Å². The minimum absolute atomic E-state index is 0.437. The van der Waals surface area contributed by atoms with Gasteiger partial charge in [0.05, 0.1) is 17.9 Å². The molecule has 0 saturated carbocycles. The molecule has 6 heteroatoms. The van der Waals surface area contributed by atoms with Crippen LogP contribution in [0.25, 0.3) is 22.2 Å². The van der Waals surface area contributed by atoms with Gasteiger partial charge in [-0.3, -0.25) is 5.10 Å². The lowest BCUT2D eigenvalue weighted by molar-refractivity contribution is 0.306. The van der Waals surface area contributed by atoms with Crippen LogP contribution in [0.2, 0.25) is 0 Å². The van der Waals surface area contributed by atoms with E-state index < -0.39 is 0 Å². The van der Waals surface area contributed by atoms with Crippen molar-refractivity contribution in [2.75, 3.05) is 5.32 Å². The molecule has 6 nitrogen and oxygen atoms in total. The number of ether oxygens (including phenoxy) is 1. The van der Waals surface area contributed by atoms with E-state index in [9.17, 15) is 0 Å². The van der Waals surface area contributed by atoms with E-state index in [1.54, 1.807) is 12.4 Å². The Morgan fingerprint density at radius 2 is 1.79 bits per heavy atom. The summed E-state index contributed by atoms with van der Waals surface area (Å²) in [5.41, 5.74) is 3.94. The van der Waals surface area contributed by atoms with Crippen LogP contribution in [0, 0.1) is 0 Å². The minimum atomic E-state index is 0.437. The number of nitrogens with zero attached hydrogens (tertiary/aromatic N) is 2. The monoisotopic (exact) mass is 382 g/mol. The summed E-state index contributed by atoms with van der Waals surface area (Å²) in [6, 6.07) is 24.2. The fraction of sp³-hybridized carbons (Fsp3) is 0.0435. The maximum Gasteiger partial charge on any atom is 0.299 e. The van der Waals surface area contributed by atoms with Crippen molar-refractivity contribution in [2.45, 2.75) is 6.61 Å². The van der Waals surface area contributed by atoms with Crippen molar-refractivity contribution in [3.05, 3.63) is 90.8 Å². The van der Waals surface area contributed by atoms with Crippen LogP contribution in [0.5, 0.6) is 5.75 Å². The van der Waals surface area contributed by atoms with Crippen molar-refractivity contribution in [3.8, 4) is 17.1 Å². The van der Waals surface area contributed by atoms with Crippen molar-refractivity contribution in [3.63, 3.8) is 0 Å². The molecule has 0 fully saturated rings. The Kier molecular flexibility index (Phi) is 4.42. The first-order chi connectivity index (χ1) is 14.3. The van der Waals surface area contributed by atoms with Crippen molar-refractivity contribution in [1.29, 1.82) is 0 Å². The molecule has 3 aromatic carbocycles. The molecule has 5 aromatic rings. The number of nitrogens with one attached hydrogen (secondary N) is 2. The van der Waals surface area contributed by atoms with E-state index in [-0.39, 0.29) is 0 Å². The number of anilines is 2. The summed E-state index contributed by atoms with van der Waals surface area (Å²) in [6.07, 6.45) is 3.49. The summed E-state index contributed by atoms with van der Waals surface area (Å²) in [7, 11) is 0. The molecule has 0 aliphatic carbocycles. The first-order valence-electron chi connectivity index (χ1n) is 9.27. The van der Waals surface area contributed by atoms with Crippen molar-refractivity contribution < 1.29 is 9.15 Å². The fourth-order valence-electron chi connectivity index (χ4n) is 3.07. The Morgan fingerprint density at radius 3 is 2.66 bits per heavy atom. The van der Waals surface area contributed by atoms with Crippen LogP contribution in [0.15, 0.2) is 89.6 Å². The minimum Gasteiger partial charge on any atom is -0.489 e. The van der Waals surface area contributed by atoms with Gasteiger partial charge < -0.3 is 14.5 Å². The van der Waals surface area contributed by atoms with Crippen LogP contribution in [-0.4, -0.2) is 15.2 Å². The SMILES string of the molecule is c1ccc(COc2ccc(-c3cnc(Nc4ccc5[nH]ncc5c4)o3)cc2)cc1. The van der Waals surface area contributed by atoms with Gasteiger partial charge >= 0.3 is 0 Å². The Labute approximate surface area is 167 Å². The van der Waals surface area contributed by atoms with Crippen molar-refractivity contribution in [2.24, 2.45) is 0 Å². The summed E-state index contributed by atoms with van der Waals surface area (Å²) >= 11 is 0. The third kappa shape index (κ3) is 3.82. The first kappa shape index (κ1) is 17.1. The van der Waals surface area contributed by atoms with Gasteiger partial charge in [-0.25, -0.2) is 4.98 Å². The highest BCUT2D eigenvalue weighted by molar-refractivity contribution is 5.82. The van der Waals surface area contributed by atoms with Crippen LogP contribution in [0.1, 0.15) is 5.56 Å². The number of hydrogen-bond acceptors (Lipinski definition) is 5. The van der Waals surface area contributed by atoms with E-state index in [0.717, 1.165) is 33.5 Å². The molecule has 0 amide bonds. The molecular formula is C23H18N4O2. The molecule has 5 rings (SSSR count). The average Bonchev–Trinajstić information content (AvgIpc) is 3.43. The van der Waals surface area contributed by atoms with Gasteiger partial charge in [-0.05, 0) is 48.0 Å². The highest BCUT2D eigenvalue weighted by atomic mass is 16.5. The lowest BCUT2D eigenvalue weighted by atomic mass is 10.2. The van der Waals surface area contributed by atoms with Gasteiger partial charge in [-0.1, -0.05) is 30.3 Å². The molecule has 0 saturated heterocycles. The number of benzene rings is 3. The van der Waals surface area contributed by atoms with E-state index in [0.29, 0.717) is 18.4 Å². The largest absolute Gasteiger partial charge is 0.489 e. The van der Waals surface area contributed by atoms with Crippen LogP contribution in [-0.2, 0) is 6.61 Å². The Balaban J connectivity index is 1.26. The van der Waals surface area contributed by atoms with E-state index >= 15 is 0 Å². The van der Waals surface area contributed by atoms with Gasteiger partial charge in [0, 0.05) is 16.6 Å². The number of rotatable bonds is 6. The topological polar surface area (TPSA) is 76.0 Å². The second-order valence-electron chi connectivity index (χ2n) is 6.63. The molecule has 0 atom stereocenters. The molecule has 29 heavy (non-hydrogen) atoms. The smallest absolute Gasteiger partial charge is 0.299 e. The Hall–Kier alpha value is -4.06. The van der Waals surface area contributed by atoms with Crippen LogP contribution in [0.4, 0.5) is 11.7 Å². The number of aromatic amines is 1. The third-order valence-electron chi connectivity index (χ3n) is 4.58. The number of aromatic nitrogens is 3. The summed E-state index contributed by atoms with van der Waals surface area (Å²) in [4.78, 5) is 4.32. The Morgan fingerprint density at radius 1 is 0.931 bits per heavy atom. The first-order valence-corrected chi connectivity index (χ1v) is 9.27. The highest BCUT2D eigenvalue weighted by Crippen LogP contribution is 2.27.